The molecule has 0 bridgehead atoms. The molecule has 3 unspecified atom stereocenters. The third-order valence-corrected chi connectivity index (χ3v) is 6.11. The fourth-order valence-corrected chi connectivity index (χ4v) is 4.91. The van der Waals surface area contributed by atoms with Gasteiger partial charge in [-0.1, -0.05) is 13.3 Å². The van der Waals surface area contributed by atoms with E-state index in [2.05, 4.69) is 46.3 Å². The number of hydrogen-bond donors (Lipinski definition) is 2. The number of guanidine groups is 1. The molecule has 0 aromatic heterocycles. The molecule has 2 rings (SSSR count). The summed E-state index contributed by atoms with van der Waals surface area (Å²) >= 11 is 2.12. The van der Waals surface area contributed by atoms with E-state index in [9.17, 15) is 0 Å². The van der Waals surface area contributed by atoms with Crippen LogP contribution in [0.25, 0.3) is 0 Å². The van der Waals surface area contributed by atoms with Crippen LogP contribution in [-0.4, -0.2) is 61.6 Å². The van der Waals surface area contributed by atoms with Crippen LogP contribution in [0.2, 0.25) is 0 Å². The molecule has 0 amide bonds. The number of rotatable bonds is 5. The van der Waals surface area contributed by atoms with Crippen molar-refractivity contribution in [2.75, 3.05) is 39.5 Å². The maximum Gasteiger partial charge on any atom is 0.191 e. The second-order valence-electron chi connectivity index (χ2n) is 6.81. The number of nitrogens with one attached hydrogen (secondary N) is 2. The monoisotopic (exact) mass is 326 g/mol. The minimum atomic E-state index is 0.595. The van der Waals surface area contributed by atoms with Gasteiger partial charge in [0.05, 0.1) is 0 Å². The lowest BCUT2D eigenvalue weighted by Crippen LogP contribution is -2.48. The summed E-state index contributed by atoms with van der Waals surface area (Å²) in [4.78, 5) is 6.87. The molecule has 22 heavy (non-hydrogen) atoms. The van der Waals surface area contributed by atoms with Gasteiger partial charge in [-0.3, -0.25) is 4.99 Å². The lowest BCUT2D eigenvalue weighted by atomic mass is 9.95. The first-order valence-corrected chi connectivity index (χ1v) is 10.0. The van der Waals surface area contributed by atoms with Crippen molar-refractivity contribution in [3.63, 3.8) is 0 Å². The Balaban J connectivity index is 1.72. The molecule has 1 saturated heterocycles. The molecule has 0 spiro atoms. The van der Waals surface area contributed by atoms with E-state index in [1.54, 1.807) is 0 Å². The normalized spacial score (nSPS) is 31.0. The zero-order valence-corrected chi connectivity index (χ0v) is 15.4. The number of hydrogen-bond acceptors (Lipinski definition) is 3. The van der Waals surface area contributed by atoms with Crippen LogP contribution >= 0.6 is 11.8 Å². The highest BCUT2D eigenvalue weighted by molar-refractivity contribution is 7.99. The van der Waals surface area contributed by atoms with E-state index >= 15 is 0 Å². The molecule has 1 aliphatic heterocycles. The second kappa shape index (κ2) is 9.66. The fraction of sp³-hybridized carbons (Fsp3) is 0.941. The molecule has 4 nitrogen and oxygen atoms in total. The molecule has 1 saturated carbocycles. The lowest BCUT2D eigenvalue weighted by molar-refractivity contribution is 0.210. The quantitative estimate of drug-likeness (QED) is 0.602. The van der Waals surface area contributed by atoms with Crippen LogP contribution in [0.3, 0.4) is 0 Å². The Bertz CT molecular complexity index is 346. The van der Waals surface area contributed by atoms with Crippen molar-refractivity contribution in [1.82, 2.24) is 15.5 Å². The minimum absolute atomic E-state index is 0.595. The van der Waals surface area contributed by atoms with Crippen molar-refractivity contribution in [2.24, 2.45) is 10.9 Å². The summed E-state index contributed by atoms with van der Waals surface area (Å²) in [5.74, 6) is 2.99. The molecule has 1 aliphatic carbocycles. The number of aliphatic imine (C=N–C) groups is 1. The molecule has 3 atom stereocenters. The molecule has 2 fully saturated rings. The van der Waals surface area contributed by atoms with Gasteiger partial charge in [0.15, 0.2) is 5.96 Å². The zero-order chi connectivity index (χ0) is 15.8. The van der Waals surface area contributed by atoms with Crippen LogP contribution in [0.1, 0.15) is 45.4 Å². The van der Waals surface area contributed by atoms with Crippen LogP contribution in [-0.2, 0) is 0 Å². The SMILES string of the molecule is CCSC1CCCC(NC(=NC)NCC2CCCN(C)C2)C1. The van der Waals surface area contributed by atoms with Gasteiger partial charge in [0, 0.05) is 31.4 Å². The highest BCUT2D eigenvalue weighted by atomic mass is 32.2. The summed E-state index contributed by atoms with van der Waals surface area (Å²) in [5, 5.41) is 8.05. The summed E-state index contributed by atoms with van der Waals surface area (Å²) in [7, 11) is 4.12. The molecule has 128 valence electrons. The summed E-state index contributed by atoms with van der Waals surface area (Å²) in [6.45, 7) is 5.78. The smallest absolute Gasteiger partial charge is 0.191 e. The van der Waals surface area contributed by atoms with E-state index in [0.29, 0.717) is 6.04 Å². The minimum Gasteiger partial charge on any atom is -0.356 e. The predicted molar refractivity (Wildman–Crippen MR) is 98.9 cm³/mol. The Kier molecular flexibility index (Phi) is 7.87. The Morgan fingerprint density at radius 3 is 2.86 bits per heavy atom. The Morgan fingerprint density at radius 2 is 2.14 bits per heavy atom. The van der Waals surface area contributed by atoms with Crippen molar-refractivity contribution in [2.45, 2.75) is 56.7 Å². The maximum atomic E-state index is 4.43. The van der Waals surface area contributed by atoms with E-state index in [0.717, 1.165) is 23.7 Å². The summed E-state index contributed by atoms with van der Waals surface area (Å²) in [5.41, 5.74) is 0. The summed E-state index contributed by atoms with van der Waals surface area (Å²) in [6.07, 6.45) is 7.97. The number of nitrogens with zero attached hydrogens (tertiary/aromatic N) is 2. The highest BCUT2D eigenvalue weighted by Gasteiger charge is 2.23. The Labute approximate surface area is 140 Å². The van der Waals surface area contributed by atoms with Gasteiger partial charge >= 0.3 is 0 Å². The van der Waals surface area contributed by atoms with Gasteiger partial charge in [0.1, 0.15) is 0 Å². The van der Waals surface area contributed by atoms with Gasteiger partial charge in [-0.2, -0.15) is 11.8 Å². The summed E-state index contributed by atoms with van der Waals surface area (Å²) in [6, 6.07) is 0.595. The molecule has 2 N–H and O–H groups in total. The fourth-order valence-electron chi connectivity index (χ4n) is 3.73. The topological polar surface area (TPSA) is 39.7 Å². The van der Waals surface area contributed by atoms with E-state index in [4.69, 9.17) is 0 Å². The van der Waals surface area contributed by atoms with Crippen LogP contribution in [0, 0.1) is 5.92 Å². The van der Waals surface area contributed by atoms with Crippen LogP contribution in [0.5, 0.6) is 0 Å². The van der Waals surface area contributed by atoms with Crippen LogP contribution in [0.4, 0.5) is 0 Å². The number of thioether (sulfide) groups is 1. The van der Waals surface area contributed by atoms with E-state index in [1.165, 1.54) is 57.4 Å². The van der Waals surface area contributed by atoms with Crippen LogP contribution < -0.4 is 10.6 Å². The lowest BCUT2D eigenvalue weighted by Gasteiger charge is -2.32. The molecule has 0 aromatic rings. The van der Waals surface area contributed by atoms with Gasteiger partial charge < -0.3 is 15.5 Å². The molecular formula is C17H34N4S. The van der Waals surface area contributed by atoms with Gasteiger partial charge in [-0.05, 0) is 57.4 Å². The predicted octanol–water partition coefficient (Wildman–Crippen LogP) is 2.56. The van der Waals surface area contributed by atoms with E-state index in [-0.39, 0.29) is 0 Å². The van der Waals surface area contributed by atoms with Gasteiger partial charge in [-0.25, -0.2) is 0 Å². The average molecular weight is 327 g/mol. The summed E-state index contributed by atoms with van der Waals surface area (Å²) < 4.78 is 0. The second-order valence-corrected chi connectivity index (χ2v) is 8.39. The number of piperidine rings is 1. The molecule has 0 aromatic carbocycles. The third-order valence-electron chi connectivity index (χ3n) is 4.87. The van der Waals surface area contributed by atoms with E-state index in [1.807, 2.05) is 7.05 Å². The average Bonchev–Trinajstić information content (AvgIpc) is 2.52. The van der Waals surface area contributed by atoms with Crippen molar-refractivity contribution >= 4 is 17.7 Å². The largest absolute Gasteiger partial charge is 0.356 e. The molecular weight excluding hydrogens is 292 g/mol. The zero-order valence-electron chi connectivity index (χ0n) is 14.6. The molecule has 1 heterocycles. The molecule has 2 aliphatic rings. The molecule has 5 heteroatoms. The van der Waals surface area contributed by atoms with Crippen molar-refractivity contribution in [1.29, 1.82) is 0 Å². The van der Waals surface area contributed by atoms with Gasteiger partial charge in [-0.15, -0.1) is 0 Å². The van der Waals surface area contributed by atoms with Crippen LogP contribution in [0.15, 0.2) is 4.99 Å². The van der Waals surface area contributed by atoms with Crippen molar-refractivity contribution < 1.29 is 0 Å². The van der Waals surface area contributed by atoms with Gasteiger partial charge in [0.25, 0.3) is 0 Å². The Morgan fingerprint density at radius 1 is 1.27 bits per heavy atom. The van der Waals surface area contributed by atoms with E-state index < -0.39 is 0 Å². The van der Waals surface area contributed by atoms with Gasteiger partial charge in [0.2, 0.25) is 0 Å². The highest BCUT2D eigenvalue weighted by Crippen LogP contribution is 2.28. The van der Waals surface area contributed by atoms with Crippen molar-refractivity contribution in [3.05, 3.63) is 0 Å². The maximum absolute atomic E-state index is 4.43. The standard InChI is InChI=1S/C17H34N4S/c1-4-22-16-9-5-8-15(11-16)20-17(18-2)19-12-14-7-6-10-21(3)13-14/h14-16H,4-13H2,1-3H3,(H2,18,19,20). The Hall–Kier alpha value is -0.420. The first-order chi connectivity index (χ1) is 10.7. The number of likely N-dealkylation sites (tertiary alicyclic amines) is 1. The third kappa shape index (κ3) is 5.99. The molecule has 0 radical (unpaired) electrons. The first kappa shape index (κ1) is 17.9. The first-order valence-electron chi connectivity index (χ1n) is 8.98. The van der Waals surface area contributed by atoms with Crippen molar-refractivity contribution in [3.8, 4) is 0 Å².